The predicted octanol–water partition coefficient (Wildman–Crippen LogP) is 0.781. The lowest BCUT2D eigenvalue weighted by Crippen LogP contribution is -2.66. The van der Waals surface area contributed by atoms with E-state index in [1.165, 1.54) is 0 Å². The molecule has 0 aromatic heterocycles. The first-order valence-corrected chi connectivity index (χ1v) is 6.05. The van der Waals surface area contributed by atoms with Crippen LogP contribution in [0, 0.1) is 11.3 Å². The zero-order valence-corrected chi connectivity index (χ0v) is 10.2. The highest BCUT2D eigenvalue weighted by atomic mass is 16.5. The molecule has 5 nitrogen and oxygen atoms in total. The molecular formula is C12H19NO4. The molecule has 96 valence electrons. The summed E-state index contributed by atoms with van der Waals surface area (Å²) in [5.41, 5.74) is -0.0416. The maximum absolute atomic E-state index is 11.6. The Hall–Kier alpha value is -1.10. The van der Waals surface area contributed by atoms with Gasteiger partial charge in [0.05, 0.1) is 12.5 Å². The number of hydrogen-bond donors (Lipinski definition) is 2. The number of fused-ring (bicyclic) bond motifs is 1. The number of carbonyl (C=O) groups is 2. The van der Waals surface area contributed by atoms with E-state index in [2.05, 4.69) is 19.2 Å². The Morgan fingerprint density at radius 2 is 2.12 bits per heavy atom. The van der Waals surface area contributed by atoms with Crippen molar-refractivity contribution in [1.29, 1.82) is 0 Å². The maximum atomic E-state index is 11.6. The van der Waals surface area contributed by atoms with Gasteiger partial charge >= 0.3 is 5.97 Å². The van der Waals surface area contributed by atoms with E-state index in [1.54, 1.807) is 0 Å². The van der Waals surface area contributed by atoms with Crippen molar-refractivity contribution in [3.63, 3.8) is 0 Å². The summed E-state index contributed by atoms with van der Waals surface area (Å²) in [6.45, 7) is 4.93. The monoisotopic (exact) mass is 241 g/mol. The number of amides is 1. The highest BCUT2D eigenvalue weighted by Crippen LogP contribution is 2.52. The molecule has 1 aliphatic carbocycles. The second kappa shape index (κ2) is 4.29. The number of aliphatic carboxylic acids is 1. The average Bonchev–Trinajstić information content (AvgIpc) is 2.69. The quantitative estimate of drug-likeness (QED) is 0.762. The molecule has 2 rings (SSSR count). The third-order valence-electron chi connectivity index (χ3n) is 3.98. The molecule has 0 spiro atoms. The average molecular weight is 241 g/mol. The molecule has 2 N–H and O–H groups in total. The fourth-order valence-corrected chi connectivity index (χ4v) is 3.08. The van der Waals surface area contributed by atoms with Crippen LogP contribution in [0.4, 0.5) is 0 Å². The third-order valence-corrected chi connectivity index (χ3v) is 3.98. The molecule has 1 aliphatic heterocycles. The number of rotatable bonds is 4. The molecular weight excluding hydrogens is 222 g/mol. The molecule has 1 amide bonds. The zero-order chi connectivity index (χ0) is 12.6. The summed E-state index contributed by atoms with van der Waals surface area (Å²) in [6, 6.07) is 0.122. The van der Waals surface area contributed by atoms with Gasteiger partial charge in [-0.15, -0.1) is 0 Å². The summed E-state index contributed by atoms with van der Waals surface area (Å²) in [4.78, 5) is 22.0. The highest BCUT2D eigenvalue weighted by molar-refractivity contribution is 5.81. The smallest absolute Gasteiger partial charge is 0.303 e. The first-order valence-electron chi connectivity index (χ1n) is 6.05. The Labute approximate surface area is 101 Å². The van der Waals surface area contributed by atoms with E-state index in [0.29, 0.717) is 5.92 Å². The van der Waals surface area contributed by atoms with Crippen molar-refractivity contribution in [2.24, 2.45) is 11.3 Å². The van der Waals surface area contributed by atoms with Gasteiger partial charge in [0.2, 0.25) is 5.91 Å². The van der Waals surface area contributed by atoms with Gasteiger partial charge in [-0.1, -0.05) is 13.8 Å². The molecule has 0 aromatic rings. The minimum Gasteiger partial charge on any atom is -0.481 e. The molecule has 1 heterocycles. The first kappa shape index (κ1) is 12.4. The van der Waals surface area contributed by atoms with Crippen molar-refractivity contribution in [2.45, 2.75) is 45.3 Å². The van der Waals surface area contributed by atoms with Gasteiger partial charge in [-0.2, -0.15) is 0 Å². The van der Waals surface area contributed by atoms with Crippen LogP contribution in [0.25, 0.3) is 0 Å². The molecule has 17 heavy (non-hydrogen) atoms. The Bertz CT molecular complexity index is 339. The predicted molar refractivity (Wildman–Crippen MR) is 60.4 cm³/mol. The van der Waals surface area contributed by atoms with Crippen LogP contribution in [0.2, 0.25) is 0 Å². The Kier molecular flexibility index (Phi) is 3.12. The number of nitrogens with one attached hydrogen (secondary N) is 1. The van der Waals surface area contributed by atoms with E-state index in [1.807, 2.05) is 0 Å². The van der Waals surface area contributed by atoms with Crippen LogP contribution in [0.5, 0.6) is 0 Å². The van der Waals surface area contributed by atoms with Crippen LogP contribution in [0.15, 0.2) is 0 Å². The molecule has 0 bridgehead atoms. The third kappa shape index (κ3) is 2.16. The van der Waals surface area contributed by atoms with Crippen molar-refractivity contribution in [2.75, 3.05) is 6.61 Å². The maximum Gasteiger partial charge on any atom is 0.303 e. The first-order chi connectivity index (χ1) is 7.93. The van der Waals surface area contributed by atoms with Crippen molar-refractivity contribution < 1.29 is 19.4 Å². The van der Waals surface area contributed by atoms with Gasteiger partial charge in [-0.05, 0) is 6.42 Å². The standard InChI is InChI=1S/C12H19NO4/c1-12(2)10(7-5-6-17-11(7)12)13-8(14)3-4-9(15)16/h7,10-11H,3-6H2,1-2H3,(H,13,14)(H,15,16). The molecule has 1 saturated heterocycles. The van der Waals surface area contributed by atoms with Gasteiger partial charge in [0.25, 0.3) is 0 Å². The van der Waals surface area contributed by atoms with Gasteiger partial charge in [-0.25, -0.2) is 0 Å². The van der Waals surface area contributed by atoms with Crippen LogP contribution in [0.1, 0.15) is 33.1 Å². The summed E-state index contributed by atoms with van der Waals surface area (Å²) in [6.07, 6.45) is 1.18. The van der Waals surface area contributed by atoms with E-state index in [0.717, 1.165) is 13.0 Å². The number of carbonyl (C=O) groups excluding carboxylic acids is 1. The van der Waals surface area contributed by atoms with Gasteiger partial charge in [0.15, 0.2) is 0 Å². The summed E-state index contributed by atoms with van der Waals surface area (Å²) < 4.78 is 5.63. The molecule has 3 atom stereocenters. The number of carboxylic acids is 1. The van der Waals surface area contributed by atoms with Crippen LogP contribution >= 0.6 is 0 Å². The minimum absolute atomic E-state index is 0.0416. The SMILES string of the molecule is CC1(C)C(NC(=O)CCC(=O)O)C2CCOC21. The van der Waals surface area contributed by atoms with E-state index < -0.39 is 5.97 Å². The number of hydrogen-bond acceptors (Lipinski definition) is 3. The van der Waals surface area contributed by atoms with E-state index in [9.17, 15) is 9.59 Å². The lowest BCUT2D eigenvalue weighted by molar-refractivity contribution is -0.142. The van der Waals surface area contributed by atoms with E-state index in [4.69, 9.17) is 9.84 Å². The van der Waals surface area contributed by atoms with E-state index >= 15 is 0 Å². The Morgan fingerprint density at radius 1 is 1.41 bits per heavy atom. The van der Waals surface area contributed by atoms with Gasteiger partial charge < -0.3 is 15.2 Å². The summed E-state index contributed by atoms with van der Waals surface area (Å²) in [5, 5.41) is 11.5. The second-order valence-electron chi connectivity index (χ2n) is 5.50. The normalized spacial score (nSPS) is 33.6. The van der Waals surface area contributed by atoms with Crippen LogP contribution < -0.4 is 5.32 Å². The summed E-state index contributed by atoms with van der Waals surface area (Å²) >= 11 is 0. The largest absolute Gasteiger partial charge is 0.481 e. The summed E-state index contributed by atoms with van der Waals surface area (Å²) in [7, 11) is 0. The molecule has 5 heteroatoms. The van der Waals surface area contributed by atoms with E-state index in [-0.39, 0.29) is 36.3 Å². The van der Waals surface area contributed by atoms with Gasteiger partial charge in [-0.3, -0.25) is 9.59 Å². The number of ether oxygens (including phenoxy) is 1. The molecule has 0 aromatic carbocycles. The Morgan fingerprint density at radius 3 is 2.76 bits per heavy atom. The topological polar surface area (TPSA) is 75.6 Å². The molecule has 3 unspecified atom stereocenters. The van der Waals surface area contributed by atoms with Crippen LogP contribution in [-0.2, 0) is 14.3 Å². The van der Waals surface area contributed by atoms with Crippen molar-refractivity contribution >= 4 is 11.9 Å². The van der Waals surface area contributed by atoms with Gasteiger partial charge in [0, 0.05) is 30.4 Å². The van der Waals surface area contributed by atoms with Crippen molar-refractivity contribution in [3.8, 4) is 0 Å². The molecule has 0 radical (unpaired) electrons. The van der Waals surface area contributed by atoms with Gasteiger partial charge in [0.1, 0.15) is 0 Å². The zero-order valence-electron chi connectivity index (χ0n) is 10.2. The van der Waals surface area contributed by atoms with Crippen molar-refractivity contribution in [1.82, 2.24) is 5.32 Å². The van der Waals surface area contributed by atoms with Crippen LogP contribution in [-0.4, -0.2) is 35.7 Å². The summed E-state index contributed by atoms with van der Waals surface area (Å²) in [5.74, 6) is -0.704. The molecule has 2 aliphatic rings. The number of carboxylic acid groups (broad SMARTS) is 1. The molecule has 2 fully saturated rings. The van der Waals surface area contributed by atoms with Crippen molar-refractivity contribution in [3.05, 3.63) is 0 Å². The fourth-order valence-electron chi connectivity index (χ4n) is 3.08. The van der Waals surface area contributed by atoms with Crippen LogP contribution in [0.3, 0.4) is 0 Å². The minimum atomic E-state index is -0.935. The lowest BCUT2D eigenvalue weighted by Gasteiger charge is -2.54. The second-order valence-corrected chi connectivity index (χ2v) is 5.50. The fraction of sp³-hybridized carbons (Fsp3) is 0.833. The lowest BCUT2D eigenvalue weighted by atomic mass is 9.57. The highest BCUT2D eigenvalue weighted by Gasteiger charge is 2.59. The Balaban J connectivity index is 1.86. The molecule has 1 saturated carbocycles.